The molecule has 148 valence electrons. The predicted molar refractivity (Wildman–Crippen MR) is 106 cm³/mol. The van der Waals surface area contributed by atoms with Gasteiger partial charge in [0.25, 0.3) is 5.91 Å². The summed E-state index contributed by atoms with van der Waals surface area (Å²) in [4.78, 5) is 38.9. The van der Waals surface area contributed by atoms with Gasteiger partial charge in [-0.2, -0.15) is 0 Å². The molecule has 1 aliphatic rings. The van der Waals surface area contributed by atoms with Gasteiger partial charge in [-0.05, 0) is 18.2 Å². The third-order valence-electron chi connectivity index (χ3n) is 4.61. The molecular formula is C20H20N6O3. The first kappa shape index (κ1) is 18.8. The van der Waals surface area contributed by atoms with E-state index >= 15 is 0 Å². The molecule has 4 heterocycles. The number of morpholine rings is 1. The number of amides is 1. The van der Waals surface area contributed by atoms with E-state index in [1.54, 1.807) is 42.8 Å². The van der Waals surface area contributed by atoms with Crippen LogP contribution in [-0.2, 0) is 11.8 Å². The summed E-state index contributed by atoms with van der Waals surface area (Å²) in [5.74, 6) is 1.07. The van der Waals surface area contributed by atoms with E-state index in [0.717, 1.165) is 5.69 Å². The van der Waals surface area contributed by atoms with Crippen molar-refractivity contribution < 1.29 is 9.53 Å². The molecule has 1 fully saturated rings. The third kappa shape index (κ3) is 4.30. The standard InChI is InChI=1S/C20H20N6O3/c1-25-12-14(5-6-19(25)27)20(28)26-9-10-29-16(13-26)15-3-2-4-17(23-15)24-18-11-21-7-8-22-18/h2-8,11-12,16H,9-10,13H2,1H3,(H,22,23,24)/t16-/m0/s1. The van der Waals surface area contributed by atoms with E-state index in [-0.39, 0.29) is 17.6 Å². The number of aryl methyl sites for hydroxylation is 1. The van der Waals surface area contributed by atoms with E-state index in [4.69, 9.17) is 4.74 Å². The number of carbonyl (C=O) groups is 1. The summed E-state index contributed by atoms with van der Waals surface area (Å²) >= 11 is 0. The maximum atomic E-state index is 12.9. The van der Waals surface area contributed by atoms with Crippen LogP contribution in [0.5, 0.6) is 0 Å². The smallest absolute Gasteiger partial charge is 0.255 e. The number of aromatic nitrogens is 4. The summed E-state index contributed by atoms with van der Waals surface area (Å²) in [6.07, 6.45) is 6.02. The van der Waals surface area contributed by atoms with Crippen molar-refractivity contribution in [3.05, 3.63) is 76.7 Å². The van der Waals surface area contributed by atoms with Gasteiger partial charge < -0.3 is 19.5 Å². The molecule has 1 N–H and O–H groups in total. The van der Waals surface area contributed by atoms with Crippen molar-refractivity contribution >= 4 is 17.5 Å². The molecule has 29 heavy (non-hydrogen) atoms. The fourth-order valence-electron chi connectivity index (χ4n) is 3.11. The fourth-order valence-corrected chi connectivity index (χ4v) is 3.11. The van der Waals surface area contributed by atoms with Crippen molar-refractivity contribution in [3.8, 4) is 0 Å². The largest absolute Gasteiger partial charge is 0.368 e. The molecule has 0 saturated carbocycles. The Hall–Kier alpha value is -3.59. The van der Waals surface area contributed by atoms with Gasteiger partial charge in [-0.25, -0.2) is 9.97 Å². The lowest BCUT2D eigenvalue weighted by Gasteiger charge is -2.33. The van der Waals surface area contributed by atoms with Gasteiger partial charge in [0.05, 0.1) is 30.6 Å². The first-order chi connectivity index (χ1) is 14.1. The zero-order chi connectivity index (χ0) is 20.2. The number of nitrogens with zero attached hydrogens (tertiary/aromatic N) is 5. The lowest BCUT2D eigenvalue weighted by Crippen LogP contribution is -2.42. The average molecular weight is 392 g/mol. The van der Waals surface area contributed by atoms with E-state index < -0.39 is 0 Å². The molecule has 0 aromatic carbocycles. The van der Waals surface area contributed by atoms with Crippen molar-refractivity contribution in [2.45, 2.75) is 6.10 Å². The Bertz CT molecular complexity index is 1070. The highest BCUT2D eigenvalue weighted by molar-refractivity contribution is 5.94. The van der Waals surface area contributed by atoms with E-state index in [0.29, 0.717) is 36.9 Å². The van der Waals surface area contributed by atoms with Gasteiger partial charge in [-0.1, -0.05) is 6.07 Å². The van der Waals surface area contributed by atoms with E-state index in [9.17, 15) is 9.59 Å². The molecule has 0 bridgehead atoms. The number of hydrogen-bond acceptors (Lipinski definition) is 7. The highest BCUT2D eigenvalue weighted by Gasteiger charge is 2.27. The zero-order valence-corrected chi connectivity index (χ0v) is 15.9. The highest BCUT2D eigenvalue weighted by Crippen LogP contribution is 2.23. The molecule has 4 rings (SSSR count). The Morgan fingerprint density at radius 1 is 1.21 bits per heavy atom. The Morgan fingerprint density at radius 3 is 2.90 bits per heavy atom. The number of carbonyl (C=O) groups excluding carboxylic acids is 1. The maximum absolute atomic E-state index is 12.9. The number of pyridine rings is 2. The van der Waals surface area contributed by atoms with Gasteiger partial charge in [0.1, 0.15) is 17.7 Å². The Labute approximate surface area is 167 Å². The number of anilines is 2. The molecule has 1 saturated heterocycles. The second-order valence-corrected chi connectivity index (χ2v) is 6.64. The van der Waals surface area contributed by atoms with Crippen LogP contribution in [0, 0.1) is 0 Å². The fraction of sp³-hybridized carbons (Fsp3) is 0.250. The van der Waals surface area contributed by atoms with Gasteiger partial charge in [0.15, 0.2) is 0 Å². The minimum absolute atomic E-state index is 0.136. The summed E-state index contributed by atoms with van der Waals surface area (Å²) in [5, 5.41) is 3.10. The molecule has 0 unspecified atom stereocenters. The number of ether oxygens (including phenoxy) is 1. The molecule has 3 aromatic rings. The third-order valence-corrected chi connectivity index (χ3v) is 4.61. The molecule has 0 spiro atoms. The molecule has 1 aliphatic heterocycles. The van der Waals surface area contributed by atoms with Crippen LogP contribution in [0.3, 0.4) is 0 Å². The minimum atomic E-state index is -0.344. The molecule has 1 amide bonds. The van der Waals surface area contributed by atoms with Crippen LogP contribution < -0.4 is 10.9 Å². The predicted octanol–water partition coefficient (Wildman–Crippen LogP) is 1.53. The zero-order valence-electron chi connectivity index (χ0n) is 15.9. The van der Waals surface area contributed by atoms with Gasteiger partial charge in [0, 0.05) is 38.2 Å². The van der Waals surface area contributed by atoms with E-state index in [1.807, 2.05) is 18.2 Å². The minimum Gasteiger partial charge on any atom is -0.368 e. The van der Waals surface area contributed by atoms with Crippen molar-refractivity contribution in [2.75, 3.05) is 25.0 Å². The highest BCUT2D eigenvalue weighted by atomic mass is 16.5. The van der Waals surface area contributed by atoms with E-state index in [2.05, 4.69) is 20.3 Å². The van der Waals surface area contributed by atoms with Crippen molar-refractivity contribution in [2.24, 2.45) is 7.05 Å². The van der Waals surface area contributed by atoms with Crippen LogP contribution in [0.25, 0.3) is 0 Å². The molecule has 0 radical (unpaired) electrons. The maximum Gasteiger partial charge on any atom is 0.255 e. The summed E-state index contributed by atoms with van der Waals surface area (Å²) in [5.41, 5.74) is 1.04. The Morgan fingerprint density at radius 2 is 2.10 bits per heavy atom. The van der Waals surface area contributed by atoms with Crippen LogP contribution in [0.2, 0.25) is 0 Å². The monoisotopic (exact) mass is 392 g/mol. The van der Waals surface area contributed by atoms with Crippen molar-refractivity contribution in [3.63, 3.8) is 0 Å². The summed E-state index contributed by atoms with van der Waals surface area (Å²) < 4.78 is 7.26. The molecule has 1 atom stereocenters. The van der Waals surface area contributed by atoms with Crippen LogP contribution >= 0.6 is 0 Å². The second kappa shape index (κ2) is 8.19. The lowest BCUT2D eigenvalue weighted by atomic mass is 10.1. The van der Waals surface area contributed by atoms with E-state index in [1.165, 1.54) is 10.6 Å². The summed E-state index contributed by atoms with van der Waals surface area (Å²) in [7, 11) is 1.63. The van der Waals surface area contributed by atoms with Crippen LogP contribution in [-0.4, -0.2) is 50.0 Å². The van der Waals surface area contributed by atoms with Gasteiger partial charge in [-0.3, -0.25) is 14.6 Å². The quantitative estimate of drug-likeness (QED) is 0.718. The second-order valence-electron chi connectivity index (χ2n) is 6.64. The first-order valence-corrected chi connectivity index (χ1v) is 9.18. The number of rotatable bonds is 4. The van der Waals surface area contributed by atoms with Crippen LogP contribution in [0.1, 0.15) is 22.2 Å². The molecular weight excluding hydrogens is 372 g/mol. The lowest BCUT2D eigenvalue weighted by molar-refractivity contribution is -0.0246. The summed E-state index contributed by atoms with van der Waals surface area (Å²) in [6.45, 7) is 1.27. The van der Waals surface area contributed by atoms with Crippen molar-refractivity contribution in [1.82, 2.24) is 24.4 Å². The molecule has 9 heteroatoms. The van der Waals surface area contributed by atoms with Crippen LogP contribution in [0.15, 0.2) is 59.9 Å². The van der Waals surface area contributed by atoms with Crippen LogP contribution in [0.4, 0.5) is 11.6 Å². The normalized spacial score (nSPS) is 16.4. The van der Waals surface area contributed by atoms with Gasteiger partial charge >= 0.3 is 0 Å². The Balaban J connectivity index is 1.49. The number of nitrogens with one attached hydrogen (secondary N) is 1. The van der Waals surface area contributed by atoms with Crippen molar-refractivity contribution in [1.29, 1.82) is 0 Å². The summed E-state index contributed by atoms with van der Waals surface area (Å²) in [6, 6.07) is 8.52. The molecule has 0 aliphatic carbocycles. The topological polar surface area (TPSA) is 102 Å². The molecule has 9 nitrogen and oxygen atoms in total. The van der Waals surface area contributed by atoms with Gasteiger partial charge in [-0.15, -0.1) is 0 Å². The number of hydrogen-bond donors (Lipinski definition) is 1. The average Bonchev–Trinajstić information content (AvgIpc) is 2.76. The first-order valence-electron chi connectivity index (χ1n) is 9.18. The SMILES string of the molecule is Cn1cc(C(=O)N2CCO[C@H](c3cccc(Nc4cnccn4)n3)C2)ccc1=O. The van der Waals surface area contributed by atoms with Gasteiger partial charge in [0.2, 0.25) is 5.56 Å². The molecule has 3 aromatic heterocycles. The Kier molecular flexibility index (Phi) is 5.30.